The highest BCUT2D eigenvalue weighted by molar-refractivity contribution is 14.0. The summed E-state index contributed by atoms with van der Waals surface area (Å²) in [5.74, 6) is 2.33. The number of aryl methyl sites for hydroxylation is 1. The molecule has 0 aliphatic carbocycles. The third-order valence-corrected chi connectivity index (χ3v) is 5.09. The number of aromatic nitrogens is 1. The van der Waals surface area contributed by atoms with E-state index in [0.717, 1.165) is 41.6 Å². The summed E-state index contributed by atoms with van der Waals surface area (Å²) in [6.07, 6.45) is 1.86. The van der Waals surface area contributed by atoms with Crippen molar-refractivity contribution in [1.82, 2.24) is 20.5 Å². The third kappa shape index (κ3) is 5.45. The Morgan fingerprint density at radius 3 is 2.62 bits per heavy atom. The van der Waals surface area contributed by atoms with Crippen molar-refractivity contribution in [1.29, 1.82) is 0 Å². The Bertz CT molecular complexity index is 620. The van der Waals surface area contributed by atoms with Crippen LogP contribution in [0.25, 0.3) is 0 Å². The molecule has 0 radical (unpaired) electrons. The van der Waals surface area contributed by atoms with Crippen molar-refractivity contribution in [3.63, 3.8) is 0 Å². The Hall–Kier alpha value is -1.09. The van der Waals surface area contributed by atoms with Crippen LogP contribution < -0.4 is 15.4 Å². The molecule has 1 fully saturated rings. The molecule has 0 spiro atoms. The van der Waals surface area contributed by atoms with E-state index in [-0.39, 0.29) is 24.0 Å². The molecule has 0 bridgehead atoms. The Morgan fingerprint density at radius 1 is 1.38 bits per heavy atom. The van der Waals surface area contributed by atoms with Gasteiger partial charge in [0.05, 0.1) is 19.3 Å². The van der Waals surface area contributed by atoms with Crippen molar-refractivity contribution >= 4 is 29.9 Å². The van der Waals surface area contributed by atoms with Crippen LogP contribution in [0.5, 0.6) is 5.75 Å². The average molecular weight is 475 g/mol. The van der Waals surface area contributed by atoms with Crippen molar-refractivity contribution in [2.45, 2.75) is 53.2 Å². The predicted molar refractivity (Wildman–Crippen MR) is 119 cm³/mol. The number of aliphatic imine (C=N–C) groups is 1. The van der Waals surface area contributed by atoms with Gasteiger partial charge in [0.2, 0.25) is 0 Å². The van der Waals surface area contributed by atoms with E-state index in [1.54, 1.807) is 7.11 Å². The standard InChI is InChI=1S/C19H33N5O.HI/c1-12(2)24-10-14(4)17(11-24)23-19(20-6)22-9-16-15(5)18(25-7)13(3)8-21-16;/h8,12,14,17H,9-11H2,1-7H3,(H2,20,22,23);1H. The van der Waals surface area contributed by atoms with Crippen molar-refractivity contribution in [3.05, 3.63) is 23.0 Å². The maximum Gasteiger partial charge on any atom is 0.191 e. The van der Waals surface area contributed by atoms with Crippen molar-refractivity contribution in [3.8, 4) is 5.75 Å². The summed E-state index contributed by atoms with van der Waals surface area (Å²) in [6.45, 7) is 13.7. The van der Waals surface area contributed by atoms with Crippen molar-refractivity contribution < 1.29 is 4.74 Å². The lowest BCUT2D eigenvalue weighted by Gasteiger charge is -2.22. The van der Waals surface area contributed by atoms with Gasteiger partial charge in [-0.1, -0.05) is 6.92 Å². The zero-order chi connectivity index (χ0) is 18.6. The van der Waals surface area contributed by atoms with E-state index in [9.17, 15) is 0 Å². The Kier molecular flexibility index (Phi) is 9.09. The molecule has 148 valence electrons. The van der Waals surface area contributed by atoms with Gasteiger partial charge in [-0.3, -0.25) is 14.9 Å². The van der Waals surface area contributed by atoms with Gasteiger partial charge < -0.3 is 15.4 Å². The van der Waals surface area contributed by atoms with E-state index in [1.165, 1.54) is 0 Å². The van der Waals surface area contributed by atoms with Crippen molar-refractivity contribution in [2.24, 2.45) is 10.9 Å². The number of pyridine rings is 1. The molecule has 1 aliphatic heterocycles. The van der Waals surface area contributed by atoms with Crippen LogP contribution in [-0.4, -0.2) is 55.2 Å². The summed E-state index contributed by atoms with van der Waals surface area (Å²) in [7, 11) is 3.51. The Balaban J connectivity index is 0.00000338. The second kappa shape index (κ2) is 10.3. The number of nitrogens with zero attached hydrogens (tertiary/aromatic N) is 3. The van der Waals surface area contributed by atoms with Crippen LogP contribution in [0.1, 0.15) is 37.6 Å². The fourth-order valence-electron chi connectivity index (χ4n) is 3.40. The number of methoxy groups -OCH3 is 1. The minimum Gasteiger partial charge on any atom is -0.496 e. The topological polar surface area (TPSA) is 61.8 Å². The molecule has 2 unspecified atom stereocenters. The first-order chi connectivity index (χ1) is 11.9. The van der Waals surface area contributed by atoms with E-state index in [1.807, 2.05) is 27.1 Å². The summed E-state index contributed by atoms with van der Waals surface area (Å²) in [6, 6.07) is 0.992. The normalized spacial score (nSPS) is 20.8. The summed E-state index contributed by atoms with van der Waals surface area (Å²) in [5.41, 5.74) is 3.11. The molecule has 2 N–H and O–H groups in total. The van der Waals surface area contributed by atoms with Crippen molar-refractivity contribution in [2.75, 3.05) is 27.2 Å². The molecular weight excluding hydrogens is 441 g/mol. The number of nitrogens with one attached hydrogen (secondary N) is 2. The number of rotatable bonds is 5. The van der Waals surface area contributed by atoms with Gasteiger partial charge in [0, 0.05) is 49.5 Å². The third-order valence-electron chi connectivity index (χ3n) is 5.09. The maximum atomic E-state index is 5.49. The first-order valence-corrected chi connectivity index (χ1v) is 9.07. The molecule has 1 aromatic heterocycles. The lowest BCUT2D eigenvalue weighted by Crippen LogP contribution is -2.46. The molecule has 2 atom stereocenters. The van der Waals surface area contributed by atoms with Gasteiger partial charge in [-0.2, -0.15) is 0 Å². The molecule has 1 saturated heterocycles. The second-order valence-corrected chi connectivity index (χ2v) is 7.25. The Morgan fingerprint density at radius 2 is 2.08 bits per heavy atom. The highest BCUT2D eigenvalue weighted by Crippen LogP contribution is 2.23. The average Bonchev–Trinajstić information content (AvgIpc) is 2.94. The second-order valence-electron chi connectivity index (χ2n) is 7.25. The zero-order valence-electron chi connectivity index (χ0n) is 17.1. The SMILES string of the molecule is CN=C(NCc1ncc(C)c(OC)c1C)NC1CN(C(C)C)CC1C.I. The van der Waals surface area contributed by atoms with E-state index in [4.69, 9.17) is 4.74 Å². The molecule has 7 heteroatoms. The number of likely N-dealkylation sites (tertiary alicyclic amines) is 1. The van der Waals surface area contributed by atoms with Crippen LogP contribution in [-0.2, 0) is 6.54 Å². The molecule has 6 nitrogen and oxygen atoms in total. The maximum absolute atomic E-state index is 5.49. The number of halogens is 1. The molecule has 0 amide bonds. The number of hydrogen-bond donors (Lipinski definition) is 2. The zero-order valence-corrected chi connectivity index (χ0v) is 19.4. The molecule has 0 saturated carbocycles. The van der Waals surface area contributed by atoms with Crippen LogP contribution in [0, 0.1) is 19.8 Å². The minimum absolute atomic E-state index is 0. The summed E-state index contributed by atoms with van der Waals surface area (Å²) in [4.78, 5) is 11.4. The van der Waals surface area contributed by atoms with Gasteiger partial charge >= 0.3 is 0 Å². The van der Waals surface area contributed by atoms with E-state index >= 15 is 0 Å². The summed E-state index contributed by atoms with van der Waals surface area (Å²) in [5, 5.41) is 6.96. The summed E-state index contributed by atoms with van der Waals surface area (Å²) < 4.78 is 5.49. The van der Waals surface area contributed by atoms with Crippen LogP contribution in [0.3, 0.4) is 0 Å². The Labute approximate surface area is 175 Å². The number of hydrogen-bond acceptors (Lipinski definition) is 4. The molecule has 2 heterocycles. The van der Waals surface area contributed by atoms with E-state index < -0.39 is 0 Å². The van der Waals surface area contributed by atoms with Gasteiger partial charge in [0.15, 0.2) is 5.96 Å². The molecule has 1 aromatic rings. The van der Waals surface area contributed by atoms with Crippen LogP contribution in [0.2, 0.25) is 0 Å². The first-order valence-electron chi connectivity index (χ1n) is 9.07. The van der Waals surface area contributed by atoms with E-state index in [2.05, 4.69) is 46.3 Å². The molecular formula is C19H34IN5O. The molecule has 1 aliphatic rings. The lowest BCUT2D eigenvalue weighted by molar-refractivity contribution is 0.265. The van der Waals surface area contributed by atoms with Crippen LogP contribution >= 0.6 is 24.0 Å². The minimum atomic E-state index is 0. The number of guanidine groups is 1. The molecule has 26 heavy (non-hydrogen) atoms. The molecule has 0 aromatic carbocycles. The monoisotopic (exact) mass is 475 g/mol. The van der Waals surface area contributed by atoms with Gasteiger partial charge in [-0.15, -0.1) is 24.0 Å². The summed E-state index contributed by atoms with van der Waals surface area (Å²) >= 11 is 0. The van der Waals surface area contributed by atoms with E-state index in [0.29, 0.717) is 24.5 Å². The lowest BCUT2D eigenvalue weighted by atomic mass is 10.1. The largest absolute Gasteiger partial charge is 0.496 e. The van der Waals surface area contributed by atoms with Crippen LogP contribution in [0.4, 0.5) is 0 Å². The molecule has 2 rings (SSSR count). The van der Waals surface area contributed by atoms with Gasteiger partial charge in [-0.25, -0.2) is 0 Å². The van der Waals surface area contributed by atoms with Gasteiger partial charge in [-0.05, 0) is 33.6 Å². The number of ether oxygens (including phenoxy) is 1. The van der Waals surface area contributed by atoms with Gasteiger partial charge in [0.1, 0.15) is 5.75 Å². The first kappa shape index (κ1) is 23.0. The predicted octanol–water partition coefficient (Wildman–Crippen LogP) is 2.72. The van der Waals surface area contributed by atoms with Crippen LogP contribution in [0.15, 0.2) is 11.2 Å². The quantitative estimate of drug-likeness (QED) is 0.390. The fraction of sp³-hybridized carbons (Fsp3) is 0.684. The van der Waals surface area contributed by atoms with Gasteiger partial charge in [0.25, 0.3) is 0 Å². The highest BCUT2D eigenvalue weighted by atomic mass is 127. The smallest absolute Gasteiger partial charge is 0.191 e. The highest BCUT2D eigenvalue weighted by Gasteiger charge is 2.31. The fourth-order valence-corrected chi connectivity index (χ4v) is 3.40.